The predicted octanol–water partition coefficient (Wildman–Crippen LogP) is 0.429. The van der Waals surface area contributed by atoms with Gasteiger partial charge >= 0.3 is 0 Å². The Balaban J connectivity index is 3.25. The maximum atomic E-state index is 11.3. The number of aldehydes is 1. The highest BCUT2D eigenvalue weighted by atomic mass is 16.1. The summed E-state index contributed by atoms with van der Waals surface area (Å²) >= 11 is 0. The number of nitrogens with zero attached hydrogens (tertiary/aromatic N) is 2. The molecule has 1 heterocycles. The monoisotopic (exact) mass is 195 g/mol. The van der Waals surface area contributed by atoms with Gasteiger partial charge in [0.25, 0.3) is 5.56 Å². The molecule has 5 nitrogen and oxygen atoms in total. The number of aromatic amines is 1. The van der Waals surface area contributed by atoms with Crippen LogP contribution in [0.2, 0.25) is 0 Å². The maximum Gasteiger partial charge on any atom is 0.263 e. The highest BCUT2D eigenvalue weighted by Crippen LogP contribution is 2.10. The standard InChI is InChI=1S/C9H13N3O2/c1-3-12(4-2)8-7(5-13)9(14)11-6-10-8/h5-6H,3-4H2,1-2H3,(H,10,11,14). The first-order chi connectivity index (χ1) is 6.74. The first-order valence-electron chi connectivity index (χ1n) is 4.52. The van der Waals surface area contributed by atoms with Gasteiger partial charge in [-0.25, -0.2) is 4.98 Å². The van der Waals surface area contributed by atoms with Crippen LogP contribution in [0, 0.1) is 0 Å². The van der Waals surface area contributed by atoms with Crippen LogP contribution >= 0.6 is 0 Å². The summed E-state index contributed by atoms with van der Waals surface area (Å²) in [6.07, 6.45) is 1.85. The molecular weight excluding hydrogens is 182 g/mol. The van der Waals surface area contributed by atoms with Crippen molar-refractivity contribution in [2.24, 2.45) is 0 Å². The van der Waals surface area contributed by atoms with Gasteiger partial charge in [-0.2, -0.15) is 0 Å². The summed E-state index contributed by atoms with van der Waals surface area (Å²) < 4.78 is 0. The molecule has 0 bridgehead atoms. The Morgan fingerprint density at radius 1 is 1.50 bits per heavy atom. The minimum Gasteiger partial charge on any atom is -0.356 e. The molecule has 76 valence electrons. The third kappa shape index (κ3) is 1.81. The minimum absolute atomic E-state index is 0.0937. The molecule has 14 heavy (non-hydrogen) atoms. The molecule has 0 radical (unpaired) electrons. The summed E-state index contributed by atoms with van der Waals surface area (Å²) in [5.74, 6) is 0.453. The Hall–Kier alpha value is -1.65. The average molecular weight is 195 g/mol. The number of anilines is 1. The Labute approximate surface area is 81.8 Å². The van der Waals surface area contributed by atoms with Crippen LogP contribution in [0.5, 0.6) is 0 Å². The van der Waals surface area contributed by atoms with Crippen LogP contribution in [0.25, 0.3) is 0 Å². The van der Waals surface area contributed by atoms with E-state index in [1.807, 2.05) is 18.7 Å². The summed E-state index contributed by atoms with van der Waals surface area (Å²) in [4.78, 5) is 30.2. The molecule has 0 aliphatic heterocycles. The van der Waals surface area contributed by atoms with Crippen LogP contribution in [0.1, 0.15) is 24.2 Å². The van der Waals surface area contributed by atoms with E-state index >= 15 is 0 Å². The summed E-state index contributed by atoms with van der Waals surface area (Å²) in [6.45, 7) is 5.32. The van der Waals surface area contributed by atoms with Gasteiger partial charge in [-0.05, 0) is 13.8 Å². The van der Waals surface area contributed by atoms with Crippen LogP contribution in [0.4, 0.5) is 5.82 Å². The van der Waals surface area contributed by atoms with Crippen molar-refractivity contribution in [1.82, 2.24) is 9.97 Å². The lowest BCUT2D eigenvalue weighted by Crippen LogP contribution is -2.28. The maximum absolute atomic E-state index is 11.3. The summed E-state index contributed by atoms with van der Waals surface area (Å²) in [5.41, 5.74) is -0.298. The number of H-pyrrole nitrogens is 1. The molecule has 0 aliphatic carbocycles. The van der Waals surface area contributed by atoms with E-state index in [4.69, 9.17) is 0 Å². The quantitative estimate of drug-likeness (QED) is 0.707. The molecule has 1 rings (SSSR count). The van der Waals surface area contributed by atoms with Crippen molar-refractivity contribution in [2.75, 3.05) is 18.0 Å². The molecule has 5 heteroatoms. The van der Waals surface area contributed by atoms with E-state index < -0.39 is 5.56 Å². The third-order valence-corrected chi connectivity index (χ3v) is 2.05. The molecule has 0 fully saturated rings. The lowest BCUT2D eigenvalue weighted by molar-refractivity contribution is 0.112. The first-order valence-corrected chi connectivity index (χ1v) is 4.52. The van der Waals surface area contributed by atoms with Gasteiger partial charge in [0, 0.05) is 13.1 Å². The second kappa shape index (κ2) is 4.55. The van der Waals surface area contributed by atoms with Crippen LogP contribution in [0.15, 0.2) is 11.1 Å². The Kier molecular flexibility index (Phi) is 3.39. The van der Waals surface area contributed by atoms with Crippen LogP contribution in [-0.2, 0) is 0 Å². The normalized spacial score (nSPS) is 9.86. The molecule has 0 aromatic carbocycles. The number of aromatic nitrogens is 2. The number of carbonyl (C=O) groups excluding carboxylic acids is 1. The Morgan fingerprint density at radius 3 is 2.64 bits per heavy atom. The van der Waals surface area contributed by atoms with E-state index in [1.54, 1.807) is 0 Å². The number of rotatable bonds is 4. The molecule has 1 N–H and O–H groups in total. The largest absolute Gasteiger partial charge is 0.356 e. The molecule has 0 saturated carbocycles. The predicted molar refractivity (Wildman–Crippen MR) is 53.8 cm³/mol. The van der Waals surface area contributed by atoms with Gasteiger partial charge in [0.2, 0.25) is 0 Å². The zero-order valence-electron chi connectivity index (χ0n) is 8.28. The van der Waals surface area contributed by atoms with Gasteiger partial charge in [-0.1, -0.05) is 0 Å². The van der Waals surface area contributed by atoms with Crippen molar-refractivity contribution >= 4 is 12.1 Å². The summed E-state index contributed by atoms with van der Waals surface area (Å²) in [5, 5.41) is 0. The van der Waals surface area contributed by atoms with E-state index in [1.165, 1.54) is 6.33 Å². The number of hydrogen-bond donors (Lipinski definition) is 1. The molecule has 0 saturated heterocycles. The molecule has 0 spiro atoms. The zero-order valence-corrected chi connectivity index (χ0v) is 8.28. The van der Waals surface area contributed by atoms with Crippen LogP contribution < -0.4 is 10.5 Å². The molecule has 0 atom stereocenters. The lowest BCUT2D eigenvalue weighted by atomic mass is 10.3. The Morgan fingerprint density at radius 2 is 2.14 bits per heavy atom. The zero-order chi connectivity index (χ0) is 10.6. The molecule has 1 aromatic rings. The van der Waals surface area contributed by atoms with Gasteiger partial charge in [-0.3, -0.25) is 9.59 Å². The van der Waals surface area contributed by atoms with Crippen molar-refractivity contribution in [1.29, 1.82) is 0 Å². The molecule has 0 amide bonds. The third-order valence-electron chi connectivity index (χ3n) is 2.05. The average Bonchev–Trinajstić information content (AvgIpc) is 2.20. The van der Waals surface area contributed by atoms with Gasteiger partial charge in [0.1, 0.15) is 11.4 Å². The Bertz CT molecular complexity index is 369. The number of nitrogens with one attached hydrogen (secondary N) is 1. The second-order valence-electron chi connectivity index (χ2n) is 2.76. The van der Waals surface area contributed by atoms with E-state index in [2.05, 4.69) is 9.97 Å². The fraction of sp³-hybridized carbons (Fsp3) is 0.444. The number of hydrogen-bond acceptors (Lipinski definition) is 4. The van der Waals surface area contributed by atoms with Gasteiger partial charge in [0.05, 0.1) is 6.33 Å². The fourth-order valence-electron chi connectivity index (χ4n) is 1.28. The van der Waals surface area contributed by atoms with Crippen LogP contribution in [0.3, 0.4) is 0 Å². The van der Waals surface area contributed by atoms with Gasteiger partial charge in [-0.15, -0.1) is 0 Å². The first kappa shape index (κ1) is 10.4. The van der Waals surface area contributed by atoms with E-state index in [0.29, 0.717) is 25.2 Å². The fourth-order valence-corrected chi connectivity index (χ4v) is 1.28. The van der Waals surface area contributed by atoms with Crippen molar-refractivity contribution in [2.45, 2.75) is 13.8 Å². The van der Waals surface area contributed by atoms with Crippen molar-refractivity contribution in [3.05, 3.63) is 22.2 Å². The SMILES string of the molecule is CCN(CC)c1nc[nH]c(=O)c1C=O. The molecular formula is C9H13N3O2. The van der Waals surface area contributed by atoms with Gasteiger partial charge < -0.3 is 9.88 Å². The smallest absolute Gasteiger partial charge is 0.263 e. The van der Waals surface area contributed by atoms with Crippen molar-refractivity contribution in [3.63, 3.8) is 0 Å². The van der Waals surface area contributed by atoms with Crippen LogP contribution in [-0.4, -0.2) is 29.3 Å². The second-order valence-corrected chi connectivity index (χ2v) is 2.76. The highest BCUT2D eigenvalue weighted by molar-refractivity contribution is 5.81. The van der Waals surface area contributed by atoms with E-state index in [9.17, 15) is 9.59 Å². The highest BCUT2D eigenvalue weighted by Gasteiger charge is 2.11. The molecule has 0 unspecified atom stereocenters. The van der Waals surface area contributed by atoms with E-state index in [-0.39, 0.29) is 5.56 Å². The van der Waals surface area contributed by atoms with Gasteiger partial charge in [0.15, 0.2) is 6.29 Å². The van der Waals surface area contributed by atoms with E-state index in [0.717, 1.165) is 0 Å². The lowest BCUT2D eigenvalue weighted by Gasteiger charge is -2.20. The molecule has 1 aromatic heterocycles. The number of carbonyl (C=O) groups is 1. The minimum atomic E-state index is -0.392. The summed E-state index contributed by atoms with van der Waals surface area (Å²) in [6, 6.07) is 0. The van der Waals surface area contributed by atoms with Crippen molar-refractivity contribution in [3.8, 4) is 0 Å². The van der Waals surface area contributed by atoms with Crippen molar-refractivity contribution < 1.29 is 4.79 Å². The topological polar surface area (TPSA) is 66.1 Å². The summed E-state index contributed by atoms with van der Waals surface area (Å²) in [7, 11) is 0. The molecule has 0 aliphatic rings.